The molecule has 2 fully saturated rings. The number of hydrogen-bond donors (Lipinski definition) is 1. The lowest BCUT2D eigenvalue weighted by atomic mass is 10.1. The number of likely N-dealkylation sites (tertiary alicyclic amines) is 1. The Kier molecular flexibility index (Phi) is 4.81. The number of morpholine rings is 1. The molecule has 0 saturated carbocycles. The van der Waals surface area contributed by atoms with E-state index in [2.05, 4.69) is 18.7 Å². The average molecular weight is 269 g/mol. The van der Waals surface area contributed by atoms with Crippen LogP contribution < -0.4 is 5.73 Å². The van der Waals surface area contributed by atoms with Gasteiger partial charge < -0.3 is 15.4 Å². The van der Waals surface area contributed by atoms with Gasteiger partial charge in [-0.1, -0.05) is 0 Å². The summed E-state index contributed by atoms with van der Waals surface area (Å²) in [4.78, 5) is 16.9. The van der Waals surface area contributed by atoms with Crippen LogP contribution in [0.4, 0.5) is 0 Å². The summed E-state index contributed by atoms with van der Waals surface area (Å²) >= 11 is 0. The zero-order chi connectivity index (χ0) is 14.0. The third-order valence-electron chi connectivity index (χ3n) is 4.54. The highest BCUT2D eigenvalue weighted by Gasteiger charge is 2.37. The first kappa shape index (κ1) is 14.8. The third-order valence-corrected chi connectivity index (χ3v) is 4.54. The zero-order valence-electron chi connectivity index (χ0n) is 12.3. The highest BCUT2D eigenvalue weighted by molar-refractivity contribution is 5.81. The van der Waals surface area contributed by atoms with Crippen LogP contribution >= 0.6 is 0 Å². The first-order valence-corrected chi connectivity index (χ1v) is 7.42. The molecule has 19 heavy (non-hydrogen) atoms. The van der Waals surface area contributed by atoms with Crippen LogP contribution in [0.1, 0.15) is 33.6 Å². The van der Waals surface area contributed by atoms with Gasteiger partial charge in [-0.3, -0.25) is 9.69 Å². The van der Waals surface area contributed by atoms with Crippen molar-refractivity contribution in [3.63, 3.8) is 0 Å². The number of carbonyl (C=O) groups excluding carboxylic acids is 1. The minimum Gasteiger partial charge on any atom is -0.373 e. The first-order valence-electron chi connectivity index (χ1n) is 7.42. The monoisotopic (exact) mass is 269 g/mol. The maximum atomic E-state index is 12.6. The Hall–Kier alpha value is -0.650. The van der Waals surface area contributed by atoms with Crippen LogP contribution in [-0.2, 0) is 9.53 Å². The third kappa shape index (κ3) is 3.09. The van der Waals surface area contributed by atoms with Gasteiger partial charge in [0.15, 0.2) is 0 Å². The molecule has 4 unspecified atom stereocenters. The number of ether oxygens (including phenoxy) is 1. The topological polar surface area (TPSA) is 58.8 Å². The molecule has 2 saturated heterocycles. The second kappa shape index (κ2) is 6.20. The molecule has 2 N–H and O–H groups in total. The summed E-state index contributed by atoms with van der Waals surface area (Å²) in [5.74, 6) is 0.224. The Balaban J connectivity index is 1.98. The Morgan fingerprint density at radius 3 is 2.58 bits per heavy atom. The van der Waals surface area contributed by atoms with Crippen LogP contribution in [0.3, 0.4) is 0 Å². The van der Waals surface area contributed by atoms with E-state index in [1.165, 1.54) is 12.8 Å². The van der Waals surface area contributed by atoms with Crippen LogP contribution in [0.2, 0.25) is 0 Å². The van der Waals surface area contributed by atoms with Crippen molar-refractivity contribution >= 4 is 5.91 Å². The van der Waals surface area contributed by atoms with E-state index in [0.717, 1.165) is 0 Å². The van der Waals surface area contributed by atoms with E-state index in [1.807, 2.05) is 11.8 Å². The maximum Gasteiger partial charge on any atom is 0.239 e. The molecule has 0 aromatic carbocycles. The predicted molar refractivity (Wildman–Crippen MR) is 74.8 cm³/mol. The summed E-state index contributed by atoms with van der Waals surface area (Å²) < 4.78 is 5.52. The van der Waals surface area contributed by atoms with E-state index in [4.69, 9.17) is 10.5 Å². The first-order chi connectivity index (χ1) is 9.04. The quantitative estimate of drug-likeness (QED) is 0.807. The van der Waals surface area contributed by atoms with E-state index in [-0.39, 0.29) is 18.1 Å². The van der Waals surface area contributed by atoms with Gasteiger partial charge in [-0.15, -0.1) is 0 Å². The van der Waals surface area contributed by atoms with Crippen LogP contribution in [0.15, 0.2) is 0 Å². The fourth-order valence-electron chi connectivity index (χ4n) is 3.43. The van der Waals surface area contributed by atoms with Crippen LogP contribution in [-0.4, -0.2) is 66.2 Å². The van der Waals surface area contributed by atoms with Crippen LogP contribution in [0.25, 0.3) is 0 Å². The fraction of sp³-hybridized carbons (Fsp3) is 0.929. The molecule has 4 atom stereocenters. The highest BCUT2D eigenvalue weighted by atomic mass is 16.5. The molecule has 0 aromatic rings. The van der Waals surface area contributed by atoms with Crippen molar-refractivity contribution < 1.29 is 9.53 Å². The molecule has 0 spiro atoms. The van der Waals surface area contributed by atoms with Gasteiger partial charge in [0.05, 0.1) is 18.8 Å². The van der Waals surface area contributed by atoms with Gasteiger partial charge in [0.25, 0.3) is 0 Å². The lowest BCUT2D eigenvalue weighted by molar-refractivity contribution is -0.144. The molecule has 2 rings (SSSR count). The number of hydrogen-bond acceptors (Lipinski definition) is 4. The predicted octanol–water partition coefficient (Wildman–Crippen LogP) is 0.434. The fourth-order valence-corrected chi connectivity index (χ4v) is 3.43. The Bertz CT molecular complexity index is 314. The Morgan fingerprint density at radius 2 is 2.00 bits per heavy atom. The normalized spacial score (nSPS) is 34.5. The van der Waals surface area contributed by atoms with Crippen molar-refractivity contribution in [3.05, 3.63) is 0 Å². The van der Waals surface area contributed by atoms with Crippen molar-refractivity contribution in [2.75, 3.05) is 26.2 Å². The van der Waals surface area contributed by atoms with Crippen molar-refractivity contribution in [2.45, 2.75) is 57.8 Å². The second-order valence-electron chi connectivity index (χ2n) is 5.91. The standard InChI is InChI=1S/C14H27N3O2/c1-10-4-5-11(2)17(10)12(3)14(18)16-6-7-19-13(8-15)9-16/h10-13H,4-9,15H2,1-3H3. The van der Waals surface area contributed by atoms with Crippen molar-refractivity contribution in [2.24, 2.45) is 5.73 Å². The van der Waals surface area contributed by atoms with Gasteiger partial charge in [0.2, 0.25) is 5.91 Å². The van der Waals surface area contributed by atoms with Gasteiger partial charge in [0.1, 0.15) is 0 Å². The van der Waals surface area contributed by atoms with E-state index < -0.39 is 0 Å². The molecule has 110 valence electrons. The molecule has 2 aliphatic heterocycles. The molecule has 0 radical (unpaired) electrons. The number of nitrogens with two attached hydrogens (primary N) is 1. The van der Waals surface area contributed by atoms with E-state index in [0.29, 0.717) is 38.3 Å². The number of amides is 1. The van der Waals surface area contributed by atoms with Gasteiger partial charge in [-0.05, 0) is 33.6 Å². The Morgan fingerprint density at radius 1 is 1.37 bits per heavy atom. The lowest BCUT2D eigenvalue weighted by Gasteiger charge is -2.38. The van der Waals surface area contributed by atoms with Crippen molar-refractivity contribution in [1.82, 2.24) is 9.80 Å². The smallest absolute Gasteiger partial charge is 0.239 e. The minimum atomic E-state index is -0.0379. The van der Waals surface area contributed by atoms with E-state index in [1.54, 1.807) is 0 Å². The number of rotatable bonds is 3. The van der Waals surface area contributed by atoms with E-state index >= 15 is 0 Å². The maximum absolute atomic E-state index is 12.6. The molecule has 0 aromatic heterocycles. The van der Waals surface area contributed by atoms with Gasteiger partial charge in [0, 0.05) is 31.7 Å². The summed E-state index contributed by atoms with van der Waals surface area (Å²) in [5, 5.41) is 0. The summed E-state index contributed by atoms with van der Waals surface area (Å²) in [6, 6.07) is 0.963. The average Bonchev–Trinajstić information content (AvgIpc) is 2.76. The highest BCUT2D eigenvalue weighted by Crippen LogP contribution is 2.26. The van der Waals surface area contributed by atoms with Gasteiger partial charge in [-0.2, -0.15) is 0 Å². The van der Waals surface area contributed by atoms with Gasteiger partial charge >= 0.3 is 0 Å². The molecular weight excluding hydrogens is 242 g/mol. The summed E-state index contributed by atoms with van der Waals surface area (Å²) in [6.45, 7) is 8.88. The van der Waals surface area contributed by atoms with Gasteiger partial charge in [-0.25, -0.2) is 0 Å². The molecular formula is C14H27N3O2. The molecule has 1 amide bonds. The molecule has 5 nitrogen and oxygen atoms in total. The van der Waals surface area contributed by atoms with E-state index in [9.17, 15) is 4.79 Å². The number of carbonyl (C=O) groups is 1. The molecule has 2 heterocycles. The largest absolute Gasteiger partial charge is 0.373 e. The second-order valence-corrected chi connectivity index (χ2v) is 5.91. The SMILES string of the molecule is CC1CCC(C)N1C(C)C(=O)N1CCOC(CN)C1. The summed E-state index contributed by atoms with van der Waals surface area (Å²) in [7, 11) is 0. The minimum absolute atomic E-state index is 0.00155. The summed E-state index contributed by atoms with van der Waals surface area (Å²) in [5.41, 5.74) is 5.63. The lowest BCUT2D eigenvalue weighted by Crippen LogP contribution is -2.55. The van der Waals surface area contributed by atoms with Crippen LogP contribution in [0.5, 0.6) is 0 Å². The molecule has 0 aliphatic carbocycles. The van der Waals surface area contributed by atoms with Crippen molar-refractivity contribution in [1.29, 1.82) is 0 Å². The Labute approximate surface area is 116 Å². The molecule has 0 bridgehead atoms. The van der Waals surface area contributed by atoms with Crippen molar-refractivity contribution in [3.8, 4) is 0 Å². The molecule has 2 aliphatic rings. The summed E-state index contributed by atoms with van der Waals surface area (Å²) in [6.07, 6.45) is 2.37. The number of nitrogens with zero attached hydrogens (tertiary/aromatic N) is 2. The van der Waals surface area contributed by atoms with Crippen LogP contribution in [0, 0.1) is 0 Å². The molecule has 5 heteroatoms. The zero-order valence-corrected chi connectivity index (χ0v) is 12.3.